The van der Waals surface area contributed by atoms with Gasteiger partial charge in [-0.2, -0.15) is 8.78 Å². The molecular weight excluding hydrogens is 232 g/mol. The molecule has 0 aromatic rings. The Balaban J connectivity index is 2.60. The van der Waals surface area contributed by atoms with Gasteiger partial charge >= 0.3 is 12.3 Å². The SMILES string of the molecule is O=C1NCCCC1NC(=O)C(F)(F)C(F)F. The zero-order valence-electron chi connectivity index (χ0n) is 8.10. The summed E-state index contributed by atoms with van der Waals surface area (Å²) in [6.07, 6.45) is -3.42. The number of halogens is 4. The quantitative estimate of drug-likeness (QED) is 0.698. The number of piperidine rings is 1. The van der Waals surface area contributed by atoms with E-state index in [4.69, 9.17) is 0 Å². The number of nitrogens with one attached hydrogen (secondary N) is 2. The topological polar surface area (TPSA) is 58.2 Å². The van der Waals surface area contributed by atoms with Gasteiger partial charge in [0.1, 0.15) is 6.04 Å². The van der Waals surface area contributed by atoms with E-state index >= 15 is 0 Å². The second-order valence-corrected chi connectivity index (χ2v) is 3.38. The van der Waals surface area contributed by atoms with E-state index in [9.17, 15) is 27.2 Å². The number of carbonyl (C=O) groups is 2. The van der Waals surface area contributed by atoms with E-state index in [-0.39, 0.29) is 6.42 Å². The van der Waals surface area contributed by atoms with Crippen LogP contribution in [0, 0.1) is 0 Å². The maximum absolute atomic E-state index is 12.5. The minimum atomic E-state index is -4.77. The number of alkyl halides is 4. The van der Waals surface area contributed by atoms with Gasteiger partial charge in [0.05, 0.1) is 0 Å². The summed E-state index contributed by atoms with van der Waals surface area (Å²) < 4.78 is 48.7. The van der Waals surface area contributed by atoms with Crippen LogP contribution in [0.2, 0.25) is 0 Å². The van der Waals surface area contributed by atoms with Crippen LogP contribution in [0.3, 0.4) is 0 Å². The first-order valence-corrected chi connectivity index (χ1v) is 4.60. The first kappa shape index (κ1) is 12.7. The number of hydrogen-bond acceptors (Lipinski definition) is 2. The summed E-state index contributed by atoms with van der Waals surface area (Å²) in [4.78, 5) is 21.9. The van der Waals surface area contributed by atoms with Crippen LogP contribution in [0.25, 0.3) is 0 Å². The molecule has 1 atom stereocenters. The van der Waals surface area contributed by atoms with Crippen LogP contribution in [0.5, 0.6) is 0 Å². The Bertz CT molecular complexity index is 296. The van der Waals surface area contributed by atoms with Crippen molar-refractivity contribution in [2.24, 2.45) is 0 Å². The van der Waals surface area contributed by atoms with Crippen LogP contribution in [-0.4, -0.2) is 36.7 Å². The van der Waals surface area contributed by atoms with E-state index in [0.29, 0.717) is 13.0 Å². The van der Waals surface area contributed by atoms with Gasteiger partial charge in [0.25, 0.3) is 5.91 Å². The van der Waals surface area contributed by atoms with Crippen molar-refractivity contribution in [2.45, 2.75) is 31.2 Å². The van der Waals surface area contributed by atoms with E-state index in [1.54, 1.807) is 5.32 Å². The molecule has 0 aromatic carbocycles. The molecule has 1 unspecified atom stereocenters. The molecule has 1 heterocycles. The molecule has 0 bridgehead atoms. The average Bonchev–Trinajstić information content (AvgIpc) is 2.21. The molecule has 8 heteroatoms. The third-order valence-corrected chi connectivity index (χ3v) is 2.17. The van der Waals surface area contributed by atoms with Crippen LogP contribution in [0.1, 0.15) is 12.8 Å². The zero-order valence-corrected chi connectivity index (χ0v) is 8.10. The van der Waals surface area contributed by atoms with Gasteiger partial charge in [0.2, 0.25) is 5.91 Å². The lowest BCUT2D eigenvalue weighted by atomic mass is 10.1. The molecule has 0 radical (unpaired) electrons. The fraction of sp³-hybridized carbons (Fsp3) is 0.750. The first-order valence-electron chi connectivity index (χ1n) is 4.60. The summed E-state index contributed by atoms with van der Waals surface area (Å²) in [7, 11) is 0. The summed E-state index contributed by atoms with van der Waals surface area (Å²) in [5.74, 6) is -7.52. The maximum Gasteiger partial charge on any atom is 0.383 e. The third-order valence-electron chi connectivity index (χ3n) is 2.17. The number of carbonyl (C=O) groups excluding carboxylic acids is 2. The molecule has 2 amide bonds. The Hall–Kier alpha value is -1.34. The lowest BCUT2D eigenvalue weighted by Crippen LogP contribution is -2.55. The summed E-state index contributed by atoms with van der Waals surface area (Å²) in [6, 6.07) is -1.16. The lowest BCUT2D eigenvalue weighted by molar-refractivity contribution is -0.170. The fourth-order valence-electron chi connectivity index (χ4n) is 1.26. The Labute approximate surface area is 88.4 Å². The molecule has 0 saturated carbocycles. The highest BCUT2D eigenvalue weighted by molar-refractivity contribution is 5.91. The number of hydrogen-bond donors (Lipinski definition) is 2. The second-order valence-electron chi connectivity index (χ2n) is 3.38. The van der Waals surface area contributed by atoms with Crippen LogP contribution < -0.4 is 10.6 Å². The first-order chi connectivity index (χ1) is 7.35. The van der Waals surface area contributed by atoms with E-state index in [2.05, 4.69) is 5.32 Å². The van der Waals surface area contributed by atoms with Crippen molar-refractivity contribution in [2.75, 3.05) is 6.54 Å². The minimum Gasteiger partial charge on any atom is -0.354 e. The van der Waals surface area contributed by atoms with Gasteiger partial charge in [0.15, 0.2) is 0 Å². The van der Waals surface area contributed by atoms with Crippen LogP contribution in [-0.2, 0) is 9.59 Å². The van der Waals surface area contributed by atoms with Gasteiger partial charge < -0.3 is 10.6 Å². The molecule has 16 heavy (non-hydrogen) atoms. The van der Waals surface area contributed by atoms with E-state index in [1.165, 1.54) is 0 Å². The maximum atomic E-state index is 12.5. The molecule has 0 aromatic heterocycles. The summed E-state index contributed by atoms with van der Waals surface area (Å²) >= 11 is 0. The summed E-state index contributed by atoms with van der Waals surface area (Å²) in [5, 5.41) is 3.94. The fourth-order valence-corrected chi connectivity index (χ4v) is 1.26. The molecule has 1 rings (SSSR count). The van der Waals surface area contributed by atoms with Crippen molar-refractivity contribution < 1.29 is 27.2 Å². The standard InChI is InChI=1S/C8H10F4N2O2/c9-6(10)8(11,12)7(16)14-4-2-1-3-13-5(4)15/h4,6H,1-3H2,(H,13,15)(H,14,16). The Morgan fingerprint density at radius 3 is 2.62 bits per heavy atom. The third kappa shape index (κ3) is 2.61. The van der Waals surface area contributed by atoms with E-state index in [1.807, 2.05) is 0 Å². The highest BCUT2D eigenvalue weighted by Crippen LogP contribution is 2.23. The lowest BCUT2D eigenvalue weighted by Gasteiger charge is -2.24. The molecule has 1 fully saturated rings. The molecule has 1 saturated heterocycles. The Morgan fingerprint density at radius 2 is 2.12 bits per heavy atom. The van der Waals surface area contributed by atoms with Crippen molar-refractivity contribution in [3.63, 3.8) is 0 Å². The Kier molecular flexibility index (Phi) is 3.71. The van der Waals surface area contributed by atoms with Crippen LogP contribution in [0.15, 0.2) is 0 Å². The van der Waals surface area contributed by atoms with Gasteiger partial charge in [-0.25, -0.2) is 8.78 Å². The minimum absolute atomic E-state index is 0.164. The largest absolute Gasteiger partial charge is 0.383 e. The van der Waals surface area contributed by atoms with Gasteiger partial charge in [-0.3, -0.25) is 9.59 Å². The molecule has 92 valence electrons. The van der Waals surface area contributed by atoms with Crippen molar-refractivity contribution in [1.29, 1.82) is 0 Å². The molecule has 1 aliphatic rings. The number of rotatable bonds is 3. The summed E-state index contributed by atoms with van der Waals surface area (Å²) in [5.41, 5.74) is 0. The molecule has 2 N–H and O–H groups in total. The van der Waals surface area contributed by atoms with E-state index < -0.39 is 30.2 Å². The predicted molar refractivity (Wildman–Crippen MR) is 45.1 cm³/mol. The highest BCUT2D eigenvalue weighted by Gasteiger charge is 2.49. The zero-order chi connectivity index (χ0) is 12.3. The molecule has 4 nitrogen and oxygen atoms in total. The van der Waals surface area contributed by atoms with Gasteiger partial charge in [-0.05, 0) is 12.8 Å². The highest BCUT2D eigenvalue weighted by atomic mass is 19.3. The second kappa shape index (κ2) is 4.67. The molecule has 1 aliphatic heterocycles. The predicted octanol–water partition coefficient (Wildman–Crippen LogP) is 0.282. The molecule has 0 aliphatic carbocycles. The number of amides is 2. The van der Waals surface area contributed by atoms with Crippen LogP contribution in [0.4, 0.5) is 17.6 Å². The molecule has 0 spiro atoms. The molecular formula is C8H10F4N2O2. The van der Waals surface area contributed by atoms with Gasteiger partial charge in [-0.1, -0.05) is 0 Å². The van der Waals surface area contributed by atoms with Crippen LogP contribution >= 0.6 is 0 Å². The average molecular weight is 242 g/mol. The monoisotopic (exact) mass is 242 g/mol. The van der Waals surface area contributed by atoms with Crippen molar-refractivity contribution in [1.82, 2.24) is 10.6 Å². The van der Waals surface area contributed by atoms with Gasteiger partial charge in [-0.15, -0.1) is 0 Å². The van der Waals surface area contributed by atoms with Crippen molar-refractivity contribution >= 4 is 11.8 Å². The van der Waals surface area contributed by atoms with E-state index in [0.717, 1.165) is 0 Å². The normalized spacial score (nSPS) is 21.8. The Morgan fingerprint density at radius 1 is 1.50 bits per heavy atom. The smallest absolute Gasteiger partial charge is 0.354 e. The summed E-state index contributed by atoms with van der Waals surface area (Å²) in [6.45, 7) is 0.385. The van der Waals surface area contributed by atoms with Gasteiger partial charge in [0, 0.05) is 6.54 Å². The van der Waals surface area contributed by atoms with Crippen molar-refractivity contribution in [3.8, 4) is 0 Å². The van der Waals surface area contributed by atoms with Crippen molar-refractivity contribution in [3.05, 3.63) is 0 Å².